The summed E-state index contributed by atoms with van der Waals surface area (Å²) in [5.41, 5.74) is 2.00. The molecule has 0 radical (unpaired) electrons. The average Bonchev–Trinajstić information content (AvgIpc) is 2.97. The lowest BCUT2D eigenvalue weighted by atomic mass is 10.1. The first-order chi connectivity index (χ1) is 9.70. The first-order valence-corrected chi connectivity index (χ1v) is 7.89. The topological polar surface area (TPSA) is 15.3 Å². The summed E-state index contributed by atoms with van der Waals surface area (Å²) in [6.07, 6.45) is 6.28. The van der Waals surface area contributed by atoms with Crippen LogP contribution < -0.4 is 5.32 Å². The smallest absolute Gasteiger partial charge is 0.127 e. The summed E-state index contributed by atoms with van der Waals surface area (Å²) in [6.45, 7) is 4.71. The lowest BCUT2D eigenvalue weighted by Gasteiger charge is -2.24. The molecular formula is C17H27FN2. The van der Waals surface area contributed by atoms with E-state index in [4.69, 9.17) is 0 Å². The zero-order chi connectivity index (χ0) is 14.4. The van der Waals surface area contributed by atoms with E-state index in [0.29, 0.717) is 6.04 Å². The summed E-state index contributed by atoms with van der Waals surface area (Å²) >= 11 is 0. The minimum Gasteiger partial charge on any atom is -0.313 e. The number of hydrogen-bond donors (Lipinski definition) is 1. The van der Waals surface area contributed by atoms with E-state index >= 15 is 0 Å². The molecule has 1 aromatic rings. The van der Waals surface area contributed by atoms with Crippen LogP contribution in [0.15, 0.2) is 18.2 Å². The molecule has 0 aromatic heterocycles. The molecule has 0 saturated heterocycles. The van der Waals surface area contributed by atoms with Crippen molar-refractivity contribution in [2.45, 2.75) is 58.2 Å². The summed E-state index contributed by atoms with van der Waals surface area (Å²) < 4.78 is 14.0. The molecule has 1 fully saturated rings. The minimum absolute atomic E-state index is 0.0749. The van der Waals surface area contributed by atoms with E-state index in [1.54, 1.807) is 6.07 Å². The molecule has 1 N–H and O–H groups in total. The van der Waals surface area contributed by atoms with Crippen LogP contribution in [0.25, 0.3) is 0 Å². The van der Waals surface area contributed by atoms with Gasteiger partial charge in [-0.15, -0.1) is 0 Å². The molecule has 112 valence electrons. The van der Waals surface area contributed by atoms with Gasteiger partial charge in [-0.1, -0.05) is 31.9 Å². The summed E-state index contributed by atoms with van der Waals surface area (Å²) in [4.78, 5) is 2.31. The highest BCUT2D eigenvalue weighted by Crippen LogP contribution is 2.24. The van der Waals surface area contributed by atoms with E-state index < -0.39 is 0 Å². The van der Waals surface area contributed by atoms with Crippen LogP contribution in [-0.4, -0.2) is 24.5 Å². The molecular weight excluding hydrogens is 251 g/mol. The van der Waals surface area contributed by atoms with Crippen molar-refractivity contribution < 1.29 is 4.39 Å². The molecule has 0 aliphatic heterocycles. The van der Waals surface area contributed by atoms with Crippen LogP contribution in [0.3, 0.4) is 0 Å². The maximum Gasteiger partial charge on any atom is 0.127 e. The van der Waals surface area contributed by atoms with E-state index in [0.717, 1.165) is 31.6 Å². The molecule has 0 amide bonds. The number of halogens is 1. The van der Waals surface area contributed by atoms with Gasteiger partial charge < -0.3 is 5.32 Å². The number of hydrogen-bond acceptors (Lipinski definition) is 2. The van der Waals surface area contributed by atoms with Crippen molar-refractivity contribution in [3.63, 3.8) is 0 Å². The number of nitrogens with zero attached hydrogens (tertiary/aromatic N) is 1. The lowest BCUT2D eigenvalue weighted by molar-refractivity contribution is 0.234. The van der Waals surface area contributed by atoms with Gasteiger partial charge in [0, 0.05) is 24.7 Å². The molecule has 0 spiro atoms. The number of rotatable bonds is 7. The summed E-state index contributed by atoms with van der Waals surface area (Å²) in [6, 6.07) is 6.15. The quantitative estimate of drug-likeness (QED) is 0.765. The van der Waals surface area contributed by atoms with Crippen molar-refractivity contribution in [3.8, 4) is 0 Å². The molecule has 3 heteroatoms. The van der Waals surface area contributed by atoms with Crippen molar-refractivity contribution >= 4 is 0 Å². The van der Waals surface area contributed by atoms with Gasteiger partial charge in [0.15, 0.2) is 0 Å². The Labute approximate surface area is 122 Å². The Kier molecular flexibility index (Phi) is 5.99. The fraction of sp³-hybridized carbons (Fsp3) is 0.647. The zero-order valence-corrected chi connectivity index (χ0v) is 12.8. The van der Waals surface area contributed by atoms with Crippen LogP contribution >= 0.6 is 0 Å². The highest BCUT2D eigenvalue weighted by molar-refractivity contribution is 5.25. The molecule has 2 rings (SSSR count). The van der Waals surface area contributed by atoms with Gasteiger partial charge in [0.2, 0.25) is 0 Å². The summed E-state index contributed by atoms with van der Waals surface area (Å²) in [7, 11) is 2.12. The summed E-state index contributed by atoms with van der Waals surface area (Å²) in [5.74, 6) is -0.0749. The second-order valence-electron chi connectivity index (χ2n) is 5.96. The monoisotopic (exact) mass is 278 g/mol. The Balaban J connectivity index is 1.96. The largest absolute Gasteiger partial charge is 0.313 e. The van der Waals surface area contributed by atoms with Gasteiger partial charge in [-0.25, -0.2) is 4.39 Å². The standard InChI is InChI=1S/C17H27FN2/c1-3-10-19-12-14-8-9-17(18)15(11-14)13-20(2)16-6-4-5-7-16/h8-9,11,16,19H,3-7,10,12-13H2,1-2H3. The molecule has 20 heavy (non-hydrogen) atoms. The van der Waals surface area contributed by atoms with Gasteiger partial charge in [-0.2, -0.15) is 0 Å². The molecule has 0 heterocycles. The van der Waals surface area contributed by atoms with E-state index in [9.17, 15) is 4.39 Å². The predicted octanol–water partition coefficient (Wildman–Crippen LogP) is 3.70. The third-order valence-electron chi connectivity index (χ3n) is 4.23. The fourth-order valence-corrected chi connectivity index (χ4v) is 3.01. The van der Waals surface area contributed by atoms with Crippen molar-refractivity contribution in [1.82, 2.24) is 10.2 Å². The van der Waals surface area contributed by atoms with Crippen molar-refractivity contribution in [3.05, 3.63) is 35.1 Å². The Hall–Kier alpha value is -0.930. The van der Waals surface area contributed by atoms with E-state index in [1.165, 1.54) is 31.2 Å². The number of nitrogens with one attached hydrogen (secondary N) is 1. The van der Waals surface area contributed by atoms with E-state index in [1.807, 2.05) is 12.1 Å². The van der Waals surface area contributed by atoms with Gasteiger partial charge in [0.1, 0.15) is 5.82 Å². The van der Waals surface area contributed by atoms with Crippen LogP contribution in [0.4, 0.5) is 4.39 Å². The molecule has 2 nitrogen and oxygen atoms in total. The average molecular weight is 278 g/mol. The molecule has 0 atom stereocenters. The van der Waals surface area contributed by atoms with Gasteiger partial charge in [0.25, 0.3) is 0 Å². The first kappa shape index (κ1) is 15.5. The maximum absolute atomic E-state index is 14.0. The van der Waals surface area contributed by atoms with Crippen LogP contribution in [-0.2, 0) is 13.1 Å². The molecule has 1 aromatic carbocycles. The highest BCUT2D eigenvalue weighted by atomic mass is 19.1. The Morgan fingerprint density at radius 2 is 2.05 bits per heavy atom. The summed E-state index contributed by atoms with van der Waals surface area (Å²) in [5, 5.41) is 3.37. The van der Waals surface area contributed by atoms with Crippen LogP contribution in [0.2, 0.25) is 0 Å². The Morgan fingerprint density at radius 1 is 1.30 bits per heavy atom. The minimum atomic E-state index is -0.0749. The van der Waals surface area contributed by atoms with Gasteiger partial charge >= 0.3 is 0 Å². The van der Waals surface area contributed by atoms with Gasteiger partial charge in [0.05, 0.1) is 0 Å². The van der Waals surface area contributed by atoms with Crippen molar-refractivity contribution in [1.29, 1.82) is 0 Å². The van der Waals surface area contributed by atoms with Crippen LogP contribution in [0, 0.1) is 5.82 Å². The molecule has 0 bridgehead atoms. The third-order valence-corrected chi connectivity index (χ3v) is 4.23. The lowest BCUT2D eigenvalue weighted by Crippen LogP contribution is -2.29. The van der Waals surface area contributed by atoms with Crippen LogP contribution in [0.1, 0.15) is 50.2 Å². The Morgan fingerprint density at radius 3 is 2.75 bits per heavy atom. The van der Waals surface area contributed by atoms with Crippen molar-refractivity contribution in [2.75, 3.05) is 13.6 Å². The normalized spacial score (nSPS) is 16.2. The molecule has 1 saturated carbocycles. The SMILES string of the molecule is CCCNCc1ccc(F)c(CN(C)C2CCCC2)c1. The van der Waals surface area contributed by atoms with E-state index in [-0.39, 0.29) is 5.82 Å². The number of benzene rings is 1. The first-order valence-electron chi connectivity index (χ1n) is 7.89. The Bertz CT molecular complexity index is 413. The highest BCUT2D eigenvalue weighted by Gasteiger charge is 2.20. The van der Waals surface area contributed by atoms with E-state index in [2.05, 4.69) is 24.2 Å². The van der Waals surface area contributed by atoms with Gasteiger partial charge in [-0.05, 0) is 44.5 Å². The maximum atomic E-state index is 14.0. The van der Waals surface area contributed by atoms with Gasteiger partial charge in [-0.3, -0.25) is 4.90 Å². The molecule has 1 aliphatic carbocycles. The second-order valence-corrected chi connectivity index (χ2v) is 5.96. The zero-order valence-electron chi connectivity index (χ0n) is 12.8. The fourth-order valence-electron chi connectivity index (χ4n) is 3.01. The predicted molar refractivity (Wildman–Crippen MR) is 82.1 cm³/mol. The van der Waals surface area contributed by atoms with Crippen LogP contribution in [0.5, 0.6) is 0 Å². The molecule has 0 unspecified atom stereocenters. The molecule has 1 aliphatic rings. The third kappa shape index (κ3) is 4.29. The van der Waals surface area contributed by atoms with Crippen molar-refractivity contribution in [2.24, 2.45) is 0 Å². The second kappa shape index (κ2) is 7.75.